The van der Waals surface area contributed by atoms with Crippen LogP contribution >= 0.6 is 0 Å². The maximum atomic E-state index is 10.9. The zero-order chi connectivity index (χ0) is 21.8. The third kappa shape index (κ3) is 4.88. The van der Waals surface area contributed by atoms with Crippen molar-refractivity contribution in [1.29, 1.82) is 0 Å². The van der Waals surface area contributed by atoms with Crippen LogP contribution in [0.25, 0.3) is 17.0 Å². The summed E-state index contributed by atoms with van der Waals surface area (Å²) in [6.45, 7) is 4.50. The molecule has 0 spiro atoms. The van der Waals surface area contributed by atoms with E-state index in [-0.39, 0.29) is 6.42 Å². The Bertz CT molecular complexity index is 1110. The van der Waals surface area contributed by atoms with Gasteiger partial charge in [-0.1, -0.05) is 35.9 Å². The van der Waals surface area contributed by atoms with E-state index in [0.717, 1.165) is 53.2 Å². The minimum atomic E-state index is -0.806. The molecule has 1 aromatic heterocycles. The van der Waals surface area contributed by atoms with Crippen molar-refractivity contribution in [3.63, 3.8) is 0 Å². The van der Waals surface area contributed by atoms with E-state index in [0.29, 0.717) is 18.9 Å². The number of aliphatic carboxylic acids is 1. The van der Waals surface area contributed by atoms with Crippen LogP contribution in [0.4, 0.5) is 0 Å². The van der Waals surface area contributed by atoms with E-state index < -0.39 is 5.97 Å². The number of nitrogens with zero attached hydrogens (tertiary/aromatic N) is 1. The molecule has 0 amide bonds. The molecule has 1 aliphatic carbocycles. The second-order valence-electron chi connectivity index (χ2n) is 7.95. The van der Waals surface area contributed by atoms with Crippen LogP contribution in [0, 0.1) is 13.8 Å². The fourth-order valence-corrected chi connectivity index (χ4v) is 4.01. The summed E-state index contributed by atoms with van der Waals surface area (Å²) in [4.78, 5) is 15.6. The van der Waals surface area contributed by atoms with Crippen molar-refractivity contribution in [2.24, 2.45) is 0 Å². The van der Waals surface area contributed by atoms with Crippen molar-refractivity contribution in [3.05, 3.63) is 76.7 Å². The number of allylic oxidation sites excluding steroid dienone is 1. The highest BCUT2D eigenvalue weighted by Crippen LogP contribution is 2.36. The Morgan fingerprint density at radius 2 is 1.97 bits per heavy atom. The van der Waals surface area contributed by atoms with Gasteiger partial charge in [0.25, 0.3) is 0 Å². The molecule has 160 valence electrons. The Balaban J connectivity index is 1.45. The van der Waals surface area contributed by atoms with E-state index in [1.807, 2.05) is 37.3 Å². The van der Waals surface area contributed by atoms with E-state index in [1.165, 1.54) is 11.1 Å². The molecule has 1 heterocycles. The molecular weight excluding hydrogens is 390 g/mol. The summed E-state index contributed by atoms with van der Waals surface area (Å²) in [6.07, 6.45) is 5.39. The summed E-state index contributed by atoms with van der Waals surface area (Å²) in [7, 11) is 0. The quantitative estimate of drug-likeness (QED) is 0.528. The van der Waals surface area contributed by atoms with E-state index >= 15 is 0 Å². The first-order valence-electron chi connectivity index (χ1n) is 10.7. The SMILES string of the molecule is Cc1ccc(-c2nc(CCOc3cccc4c3CCC/C4=C/CC(=O)O)c(C)o2)cc1. The van der Waals surface area contributed by atoms with Crippen molar-refractivity contribution >= 4 is 11.5 Å². The lowest BCUT2D eigenvalue weighted by atomic mass is 9.86. The highest BCUT2D eigenvalue weighted by atomic mass is 16.5. The monoisotopic (exact) mass is 417 g/mol. The van der Waals surface area contributed by atoms with Gasteiger partial charge < -0.3 is 14.3 Å². The third-order valence-corrected chi connectivity index (χ3v) is 5.66. The third-order valence-electron chi connectivity index (χ3n) is 5.66. The molecule has 4 rings (SSSR count). The smallest absolute Gasteiger partial charge is 0.307 e. The van der Waals surface area contributed by atoms with E-state index in [1.54, 1.807) is 0 Å². The predicted octanol–water partition coefficient (Wildman–Crippen LogP) is 5.77. The summed E-state index contributed by atoms with van der Waals surface area (Å²) in [5.74, 6) is 1.52. The van der Waals surface area contributed by atoms with Crippen LogP contribution in [-0.4, -0.2) is 22.7 Å². The maximum Gasteiger partial charge on any atom is 0.307 e. The molecule has 0 radical (unpaired) electrons. The fraction of sp³-hybridized carbons (Fsp3) is 0.308. The van der Waals surface area contributed by atoms with Gasteiger partial charge in [0.05, 0.1) is 18.7 Å². The van der Waals surface area contributed by atoms with Gasteiger partial charge in [-0.15, -0.1) is 0 Å². The topological polar surface area (TPSA) is 72.6 Å². The Morgan fingerprint density at radius 3 is 2.74 bits per heavy atom. The van der Waals surface area contributed by atoms with Gasteiger partial charge >= 0.3 is 5.97 Å². The molecule has 0 bridgehead atoms. The van der Waals surface area contributed by atoms with Crippen LogP contribution in [-0.2, 0) is 17.6 Å². The molecule has 0 atom stereocenters. The Morgan fingerprint density at radius 1 is 1.16 bits per heavy atom. The van der Waals surface area contributed by atoms with Gasteiger partial charge in [0, 0.05) is 17.5 Å². The molecule has 31 heavy (non-hydrogen) atoms. The largest absolute Gasteiger partial charge is 0.493 e. The van der Waals surface area contributed by atoms with Gasteiger partial charge in [0.15, 0.2) is 0 Å². The first-order chi connectivity index (χ1) is 15.0. The number of fused-ring (bicyclic) bond motifs is 1. The van der Waals surface area contributed by atoms with Crippen LogP contribution in [0.15, 0.2) is 53.0 Å². The highest BCUT2D eigenvalue weighted by Gasteiger charge is 2.18. The van der Waals surface area contributed by atoms with E-state index in [9.17, 15) is 4.79 Å². The number of hydrogen-bond acceptors (Lipinski definition) is 4. The number of ether oxygens (including phenoxy) is 1. The zero-order valence-corrected chi connectivity index (χ0v) is 18.0. The van der Waals surface area contributed by atoms with Crippen molar-refractivity contribution in [1.82, 2.24) is 4.98 Å². The highest BCUT2D eigenvalue weighted by molar-refractivity contribution is 5.77. The van der Waals surface area contributed by atoms with Gasteiger partial charge in [-0.25, -0.2) is 4.98 Å². The number of benzene rings is 2. The average Bonchev–Trinajstić information content (AvgIpc) is 3.13. The maximum absolute atomic E-state index is 10.9. The molecule has 1 aliphatic rings. The van der Waals surface area contributed by atoms with Gasteiger partial charge in [-0.3, -0.25) is 4.79 Å². The summed E-state index contributed by atoms with van der Waals surface area (Å²) in [5.41, 5.74) is 6.46. The second-order valence-corrected chi connectivity index (χ2v) is 7.95. The first-order valence-corrected chi connectivity index (χ1v) is 10.7. The lowest BCUT2D eigenvalue weighted by Crippen LogP contribution is -2.09. The van der Waals surface area contributed by atoms with Gasteiger partial charge in [-0.2, -0.15) is 0 Å². The molecule has 0 fully saturated rings. The van der Waals surface area contributed by atoms with Gasteiger partial charge in [-0.05, 0) is 62.4 Å². The molecular formula is C26H27NO4. The zero-order valence-electron chi connectivity index (χ0n) is 18.0. The minimum Gasteiger partial charge on any atom is -0.493 e. The van der Waals surface area contributed by atoms with Crippen LogP contribution in [0.1, 0.15) is 47.4 Å². The summed E-state index contributed by atoms with van der Waals surface area (Å²) < 4.78 is 12.0. The molecule has 5 heteroatoms. The number of carbonyl (C=O) groups is 1. The second kappa shape index (κ2) is 9.21. The molecule has 1 N–H and O–H groups in total. The van der Waals surface area contributed by atoms with E-state index in [2.05, 4.69) is 30.1 Å². The fourth-order valence-electron chi connectivity index (χ4n) is 4.01. The molecule has 3 aromatic rings. The lowest BCUT2D eigenvalue weighted by molar-refractivity contribution is -0.136. The number of aromatic nitrogens is 1. The Kier molecular flexibility index (Phi) is 6.21. The Hall–Kier alpha value is -3.34. The number of carboxylic acid groups (broad SMARTS) is 1. The first kappa shape index (κ1) is 20.9. The molecule has 0 unspecified atom stereocenters. The standard InChI is InChI=1S/C26H27NO4/c1-17-9-11-20(12-10-17)26-27-23(18(2)31-26)15-16-30-24-8-4-6-21-19(13-14-25(28)29)5-3-7-22(21)24/h4,6,8-13H,3,5,7,14-16H2,1-2H3,(H,28,29)/b19-13-. The van der Waals surface area contributed by atoms with Gasteiger partial charge in [0.2, 0.25) is 5.89 Å². The number of hydrogen-bond donors (Lipinski definition) is 1. The molecule has 0 saturated heterocycles. The number of aryl methyl sites for hydroxylation is 2. The minimum absolute atomic E-state index is 0.0502. The average molecular weight is 418 g/mol. The van der Waals surface area contributed by atoms with Crippen LogP contribution in [0.5, 0.6) is 5.75 Å². The number of oxazole rings is 1. The van der Waals surface area contributed by atoms with Crippen LogP contribution in [0.2, 0.25) is 0 Å². The summed E-state index contributed by atoms with van der Waals surface area (Å²) in [5, 5.41) is 9.00. The summed E-state index contributed by atoms with van der Waals surface area (Å²) >= 11 is 0. The molecule has 0 aliphatic heterocycles. The van der Waals surface area contributed by atoms with E-state index in [4.69, 9.17) is 14.3 Å². The number of carboxylic acids is 1. The lowest BCUT2D eigenvalue weighted by Gasteiger charge is -2.22. The molecule has 2 aromatic carbocycles. The number of rotatable bonds is 7. The van der Waals surface area contributed by atoms with Crippen molar-refractivity contribution in [3.8, 4) is 17.2 Å². The van der Waals surface area contributed by atoms with Crippen LogP contribution < -0.4 is 4.74 Å². The predicted molar refractivity (Wildman–Crippen MR) is 120 cm³/mol. The normalized spacial score (nSPS) is 14.5. The summed E-state index contributed by atoms with van der Waals surface area (Å²) in [6, 6.07) is 14.2. The molecule has 0 saturated carbocycles. The molecule has 5 nitrogen and oxygen atoms in total. The van der Waals surface area contributed by atoms with Crippen molar-refractivity contribution in [2.75, 3.05) is 6.61 Å². The Labute approximate surface area is 182 Å². The van der Waals surface area contributed by atoms with Crippen LogP contribution in [0.3, 0.4) is 0 Å². The van der Waals surface area contributed by atoms with Crippen molar-refractivity contribution < 1.29 is 19.1 Å². The van der Waals surface area contributed by atoms with Crippen molar-refractivity contribution in [2.45, 2.75) is 46.0 Å². The van der Waals surface area contributed by atoms with Gasteiger partial charge in [0.1, 0.15) is 11.5 Å².